The molecule has 7 heteroatoms. The van der Waals surface area contributed by atoms with Gasteiger partial charge in [0, 0.05) is 50.3 Å². The Bertz CT molecular complexity index is 751. The molecule has 0 aliphatic carbocycles. The number of aliphatic imine (C=N–C) groups is 1. The van der Waals surface area contributed by atoms with Crippen molar-refractivity contribution in [1.29, 1.82) is 0 Å². The monoisotopic (exact) mass is 511 g/mol. The van der Waals surface area contributed by atoms with E-state index >= 15 is 0 Å². The Hall–Kier alpha value is -1.45. The standard InChI is InChI=1S/C21H29N5S.HI/c1-3-22-21(24-17-20-23-16-18(2)27-20)26-14-12-25(13-15-26)11-7-10-19-8-5-4-6-9-19;/h4-10,16H,3,11-15,17H2,1-2H3,(H,22,24);1H/b10-7+;. The van der Waals surface area contributed by atoms with Crippen molar-refractivity contribution < 1.29 is 0 Å². The van der Waals surface area contributed by atoms with Crippen molar-refractivity contribution in [2.24, 2.45) is 4.99 Å². The molecule has 0 bridgehead atoms. The fourth-order valence-corrected chi connectivity index (χ4v) is 3.80. The number of hydrogen-bond donors (Lipinski definition) is 1. The molecule has 5 nitrogen and oxygen atoms in total. The number of thiazole rings is 1. The summed E-state index contributed by atoms with van der Waals surface area (Å²) in [7, 11) is 0. The van der Waals surface area contributed by atoms with Gasteiger partial charge in [0.2, 0.25) is 0 Å². The van der Waals surface area contributed by atoms with Crippen LogP contribution in [0.1, 0.15) is 22.4 Å². The van der Waals surface area contributed by atoms with Crippen molar-refractivity contribution in [2.45, 2.75) is 20.4 Å². The van der Waals surface area contributed by atoms with Gasteiger partial charge in [0.25, 0.3) is 0 Å². The molecule has 0 radical (unpaired) electrons. The molecular weight excluding hydrogens is 481 g/mol. The zero-order valence-corrected chi connectivity index (χ0v) is 19.8. The molecule has 1 aromatic heterocycles. The molecule has 3 rings (SSSR count). The molecule has 152 valence electrons. The lowest BCUT2D eigenvalue weighted by Gasteiger charge is -2.36. The van der Waals surface area contributed by atoms with E-state index in [2.05, 4.69) is 76.4 Å². The van der Waals surface area contributed by atoms with E-state index in [0.29, 0.717) is 6.54 Å². The molecule has 1 N–H and O–H groups in total. The van der Waals surface area contributed by atoms with E-state index in [0.717, 1.165) is 50.2 Å². The quantitative estimate of drug-likeness (QED) is 0.364. The average molecular weight is 511 g/mol. The SMILES string of the molecule is CCNC(=NCc1ncc(C)s1)N1CCN(C/C=C/c2ccccc2)CC1.I. The average Bonchev–Trinajstić information content (AvgIpc) is 3.12. The molecule has 2 aromatic rings. The summed E-state index contributed by atoms with van der Waals surface area (Å²) in [6.07, 6.45) is 6.38. The topological polar surface area (TPSA) is 43.8 Å². The summed E-state index contributed by atoms with van der Waals surface area (Å²) in [6.45, 7) is 10.9. The van der Waals surface area contributed by atoms with Crippen LogP contribution in [0.2, 0.25) is 0 Å². The number of aryl methyl sites for hydroxylation is 1. The van der Waals surface area contributed by atoms with Crippen molar-refractivity contribution in [3.8, 4) is 0 Å². The number of hydrogen-bond acceptors (Lipinski definition) is 4. The van der Waals surface area contributed by atoms with E-state index in [1.807, 2.05) is 6.20 Å². The molecule has 1 aromatic carbocycles. The van der Waals surface area contributed by atoms with E-state index in [9.17, 15) is 0 Å². The fraction of sp³-hybridized carbons (Fsp3) is 0.429. The predicted octanol–water partition coefficient (Wildman–Crippen LogP) is 3.87. The highest BCUT2D eigenvalue weighted by atomic mass is 127. The van der Waals surface area contributed by atoms with Gasteiger partial charge in [-0.25, -0.2) is 9.98 Å². The molecule has 1 fully saturated rings. The lowest BCUT2D eigenvalue weighted by atomic mass is 10.2. The molecule has 0 saturated carbocycles. The van der Waals surface area contributed by atoms with Crippen molar-refractivity contribution in [2.75, 3.05) is 39.3 Å². The number of aromatic nitrogens is 1. The van der Waals surface area contributed by atoms with Crippen molar-refractivity contribution >= 4 is 47.3 Å². The van der Waals surface area contributed by atoms with Crippen molar-refractivity contribution in [3.63, 3.8) is 0 Å². The first kappa shape index (κ1) is 22.8. The van der Waals surface area contributed by atoms with Crippen LogP contribution >= 0.6 is 35.3 Å². The lowest BCUT2D eigenvalue weighted by molar-refractivity contribution is 0.194. The van der Waals surface area contributed by atoms with E-state index in [-0.39, 0.29) is 24.0 Å². The van der Waals surface area contributed by atoms with Crippen LogP contribution in [0.5, 0.6) is 0 Å². The van der Waals surface area contributed by atoms with Crippen molar-refractivity contribution in [3.05, 3.63) is 58.1 Å². The Morgan fingerprint density at radius 2 is 1.96 bits per heavy atom. The Labute approximate surface area is 189 Å². The molecule has 1 aliphatic heterocycles. The number of piperazine rings is 1. The third-order valence-electron chi connectivity index (χ3n) is 4.51. The molecule has 1 saturated heterocycles. The second-order valence-corrected chi connectivity index (χ2v) is 7.95. The largest absolute Gasteiger partial charge is 0.357 e. The maximum absolute atomic E-state index is 4.79. The van der Waals surface area contributed by atoms with Crippen LogP contribution in [0.3, 0.4) is 0 Å². The summed E-state index contributed by atoms with van der Waals surface area (Å²) in [6, 6.07) is 10.5. The van der Waals surface area contributed by atoms with E-state index in [1.165, 1.54) is 10.4 Å². The zero-order chi connectivity index (χ0) is 18.9. The van der Waals surface area contributed by atoms with Gasteiger partial charge in [0.15, 0.2) is 5.96 Å². The number of nitrogens with zero attached hydrogens (tertiary/aromatic N) is 4. The minimum Gasteiger partial charge on any atom is -0.357 e. The minimum atomic E-state index is 0. The summed E-state index contributed by atoms with van der Waals surface area (Å²) in [5, 5.41) is 4.51. The Morgan fingerprint density at radius 1 is 1.21 bits per heavy atom. The Morgan fingerprint density at radius 3 is 2.61 bits per heavy atom. The van der Waals surface area contributed by atoms with Crippen molar-refractivity contribution in [1.82, 2.24) is 20.1 Å². The maximum Gasteiger partial charge on any atom is 0.194 e. The van der Waals surface area contributed by atoms with E-state index < -0.39 is 0 Å². The smallest absolute Gasteiger partial charge is 0.194 e. The highest BCUT2D eigenvalue weighted by Gasteiger charge is 2.18. The molecule has 0 amide bonds. The predicted molar refractivity (Wildman–Crippen MR) is 131 cm³/mol. The van der Waals surface area contributed by atoms with Gasteiger partial charge in [-0.2, -0.15) is 0 Å². The number of halogens is 1. The van der Waals surface area contributed by atoms with Gasteiger partial charge in [-0.05, 0) is 19.4 Å². The van der Waals surface area contributed by atoms with Crippen LogP contribution in [0.15, 0.2) is 47.6 Å². The van der Waals surface area contributed by atoms with Crippen LogP contribution < -0.4 is 5.32 Å². The summed E-state index contributed by atoms with van der Waals surface area (Å²) < 4.78 is 0. The summed E-state index contributed by atoms with van der Waals surface area (Å²) in [4.78, 5) is 15.3. The van der Waals surface area contributed by atoms with Gasteiger partial charge >= 0.3 is 0 Å². The van der Waals surface area contributed by atoms with Crippen LogP contribution in [-0.4, -0.2) is 60.0 Å². The summed E-state index contributed by atoms with van der Waals surface area (Å²) in [5.41, 5.74) is 1.26. The molecular formula is C21H30IN5S. The lowest BCUT2D eigenvalue weighted by Crippen LogP contribution is -2.52. The van der Waals surface area contributed by atoms with Gasteiger partial charge in [-0.1, -0.05) is 42.5 Å². The molecule has 0 unspecified atom stereocenters. The zero-order valence-electron chi connectivity index (χ0n) is 16.7. The Balaban J connectivity index is 0.00000280. The van der Waals surface area contributed by atoms with Gasteiger partial charge in [0.05, 0.1) is 6.54 Å². The number of benzene rings is 1. The second kappa shape index (κ2) is 12.2. The van der Waals surface area contributed by atoms with Gasteiger partial charge in [-0.3, -0.25) is 4.90 Å². The first-order chi connectivity index (χ1) is 13.2. The highest BCUT2D eigenvalue weighted by molar-refractivity contribution is 14.0. The van der Waals surface area contributed by atoms with Gasteiger partial charge in [0.1, 0.15) is 5.01 Å². The minimum absolute atomic E-state index is 0. The third-order valence-corrected chi connectivity index (χ3v) is 5.41. The number of guanidine groups is 1. The summed E-state index contributed by atoms with van der Waals surface area (Å²) in [5.74, 6) is 1.00. The number of rotatable bonds is 6. The molecule has 0 atom stereocenters. The Kier molecular flexibility index (Phi) is 9.94. The maximum atomic E-state index is 4.79. The fourth-order valence-electron chi connectivity index (χ4n) is 3.09. The molecule has 28 heavy (non-hydrogen) atoms. The van der Waals surface area contributed by atoms with Gasteiger partial charge in [-0.15, -0.1) is 35.3 Å². The molecule has 0 spiro atoms. The first-order valence-corrected chi connectivity index (χ1v) is 10.4. The third kappa shape index (κ3) is 7.18. The molecule has 2 heterocycles. The van der Waals surface area contributed by atoms with Crippen LogP contribution in [0, 0.1) is 6.92 Å². The van der Waals surface area contributed by atoms with Crippen LogP contribution in [0.25, 0.3) is 6.08 Å². The van der Waals surface area contributed by atoms with Crippen LogP contribution in [0.4, 0.5) is 0 Å². The van der Waals surface area contributed by atoms with Gasteiger partial charge < -0.3 is 10.2 Å². The normalized spacial score (nSPS) is 15.6. The number of nitrogens with one attached hydrogen (secondary N) is 1. The highest BCUT2D eigenvalue weighted by Crippen LogP contribution is 2.12. The second-order valence-electron chi connectivity index (χ2n) is 6.64. The van der Waals surface area contributed by atoms with E-state index in [1.54, 1.807) is 11.3 Å². The first-order valence-electron chi connectivity index (χ1n) is 9.63. The molecule has 1 aliphatic rings. The van der Waals surface area contributed by atoms with Crippen LogP contribution in [-0.2, 0) is 6.54 Å². The summed E-state index contributed by atoms with van der Waals surface area (Å²) >= 11 is 1.72. The van der Waals surface area contributed by atoms with E-state index in [4.69, 9.17) is 4.99 Å².